The number of fused-ring (bicyclic) bond motifs is 1. The molecule has 0 unspecified atom stereocenters. The second-order valence-corrected chi connectivity index (χ2v) is 13.0. The van der Waals surface area contributed by atoms with Crippen molar-refractivity contribution in [3.8, 4) is 0 Å². The normalized spacial score (nSPS) is 19.0. The summed E-state index contributed by atoms with van der Waals surface area (Å²) in [7, 11) is 0. The van der Waals surface area contributed by atoms with E-state index in [-0.39, 0.29) is 23.3 Å². The van der Waals surface area contributed by atoms with Gasteiger partial charge in [-0.1, -0.05) is 11.6 Å². The number of aromatic nitrogens is 2. The Morgan fingerprint density at radius 3 is 2.65 bits per heavy atom. The molecule has 0 atom stereocenters. The Labute approximate surface area is 239 Å². The Bertz CT molecular complexity index is 1320. The smallest absolute Gasteiger partial charge is 0.246 e. The van der Waals surface area contributed by atoms with E-state index in [2.05, 4.69) is 26.7 Å². The van der Waals surface area contributed by atoms with Crippen LogP contribution in [-0.2, 0) is 27.2 Å². The van der Waals surface area contributed by atoms with Gasteiger partial charge >= 0.3 is 0 Å². The van der Waals surface area contributed by atoms with Crippen LogP contribution in [0.15, 0.2) is 41.6 Å². The van der Waals surface area contributed by atoms with Gasteiger partial charge < -0.3 is 20.4 Å². The first-order valence-corrected chi connectivity index (χ1v) is 14.8. The first-order valence-electron chi connectivity index (χ1n) is 14.0. The van der Waals surface area contributed by atoms with Gasteiger partial charge in [-0.15, -0.1) is 11.3 Å². The fourth-order valence-electron chi connectivity index (χ4n) is 5.47. The van der Waals surface area contributed by atoms with Crippen LogP contribution in [-0.4, -0.2) is 75.8 Å². The summed E-state index contributed by atoms with van der Waals surface area (Å²) in [6, 6.07) is 2.01. The van der Waals surface area contributed by atoms with Crippen molar-refractivity contribution in [3.63, 3.8) is 0 Å². The van der Waals surface area contributed by atoms with Crippen LogP contribution in [0.1, 0.15) is 56.2 Å². The van der Waals surface area contributed by atoms with Crippen molar-refractivity contribution >= 4 is 41.0 Å². The molecule has 1 saturated heterocycles. The number of anilines is 1. The Morgan fingerprint density at radius 1 is 1.18 bits per heavy atom. The maximum absolute atomic E-state index is 13.1. The van der Waals surface area contributed by atoms with Crippen LogP contribution in [0.3, 0.4) is 0 Å². The molecule has 2 aromatic heterocycles. The average molecular weight is 563 g/mol. The van der Waals surface area contributed by atoms with Crippen molar-refractivity contribution in [2.45, 2.75) is 58.4 Å². The predicted molar refractivity (Wildman–Crippen MR) is 157 cm³/mol. The van der Waals surface area contributed by atoms with E-state index in [0.717, 1.165) is 29.0 Å². The number of amides is 3. The zero-order chi connectivity index (χ0) is 28.3. The van der Waals surface area contributed by atoms with Crippen molar-refractivity contribution < 1.29 is 14.4 Å². The lowest BCUT2D eigenvalue weighted by atomic mass is 9.71. The van der Waals surface area contributed by atoms with E-state index in [1.165, 1.54) is 5.57 Å². The third-order valence-electron chi connectivity index (χ3n) is 7.97. The molecule has 9 nitrogen and oxygen atoms in total. The molecule has 2 N–H and O–H groups in total. The lowest BCUT2D eigenvalue weighted by molar-refractivity contribution is -0.137. The number of likely N-dealkylation sites (tertiary alicyclic amines) is 1. The topological polar surface area (TPSA) is 108 Å². The summed E-state index contributed by atoms with van der Waals surface area (Å²) < 4.78 is 0. The van der Waals surface area contributed by atoms with Gasteiger partial charge in [-0.05, 0) is 69.7 Å². The van der Waals surface area contributed by atoms with E-state index >= 15 is 0 Å². The number of nitrogens with one attached hydrogen (secondary N) is 2. The van der Waals surface area contributed by atoms with Crippen molar-refractivity contribution in [1.29, 1.82) is 0 Å². The molecule has 212 valence electrons. The van der Waals surface area contributed by atoms with Crippen LogP contribution in [0, 0.1) is 5.41 Å². The van der Waals surface area contributed by atoms with Crippen molar-refractivity contribution in [3.05, 3.63) is 57.7 Å². The van der Waals surface area contributed by atoms with Gasteiger partial charge in [0.1, 0.15) is 5.82 Å². The van der Waals surface area contributed by atoms with E-state index in [0.29, 0.717) is 57.8 Å². The van der Waals surface area contributed by atoms with Crippen molar-refractivity contribution in [2.75, 3.05) is 38.0 Å². The fraction of sp³-hybridized carbons (Fsp3) is 0.500. The van der Waals surface area contributed by atoms with Gasteiger partial charge in [0, 0.05) is 62.0 Å². The average Bonchev–Trinajstić information content (AvgIpc) is 3.44. The zero-order valence-electron chi connectivity index (χ0n) is 23.5. The van der Waals surface area contributed by atoms with Crippen LogP contribution in [0.2, 0.25) is 0 Å². The Morgan fingerprint density at radius 2 is 1.98 bits per heavy atom. The van der Waals surface area contributed by atoms with Gasteiger partial charge in [-0.3, -0.25) is 14.4 Å². The van der Waals surface area contributed by atoms with Crippen molar-refractivity contribution in [2.24, 2.45) is 5.41 Å². The largest absolute Gasteiger partial charge is 0.342 e. The van der Waals surface area contributed by atoms with Gasteiger partial charge in [0.15, 0.2) is 0 Å². The minimum absolute atomic E-state index is 0.0155. The first-order chi connectivity index (χ1) is 19.1. The van der Waals surface area contributed by atoms with E-state index in [1.807, 2.05) is 48.2 Å². The van der Waals surface area contributed by atoms with Gasteiger partial charge in [-0.2, -0.15) is 0 Å². The van der Waals surface area contributed by atoms with E-state index in [1.54, 1.807) is 29.7 Å². The second-order valence-electron chi connectivity index (χ2n) is 12.0. The highest BCUT2D eigenvalue weighted by Crippen LogP contribution is 2.41. The minimum Gasteiger partial charge on any atom is -0.342 e. The first kappa shape index (κ1) is 28.2. The Balaban J connectivity index is 1.17. The number of pyridine rings is 1. The van der Waals surface area contributed by atoms with Gasteiger partial charge in [0.25, 0.3) is 0 Å². The van der Waals surface area contributed by atoms with Crippen molar-refractivity contribution in [1.82, 2.24) is 25.1 Å². The number of piperidine rings is 1. The lowest BCUT2D eigenvalue weighted by Gasteiger charge is -2.43. The highest BCUT2D eigenvalue weighted by atomic mass is 32.1. The Kier molecular flexibility index (Phi) is 8.19. The number of thiazole rings is 1. The summed E-state index contributed by atoms with van der Waals surface area (Å²) in [4.78, 5) is 51.2. The molecule has 0 aliphatic carbocycles. The van der Waals surface area contributed by atoms with Gasteiger partial charge in [-0.25, -0.2) is 9.97 Å². The lowest BCUT2D eigenvalue weighted by Crippen LogP contribution is -2.53. The fourth-order valence-corrected chi connectivity index (χ4v) is 6.14. The van der Waals surface area contributed by atoms with Crippen LogP contribution in [0.5, 0.6) is 0 Å². The third kappa shape index (κ3) is 6.67. The third-order valence-corrected chi connectivity index (χ3v) is 8.75. The monoisotopic (exact) mass is 562 g/mol. The van der Waals surface area contributed by atoms with E-state index < -0.39 is 5.41 Å². The molecular weight excluding hydrogens is 524 g/mol. The quantitative estimate of drug-likeness (QED) is 0.413. The molecular formula is C30H38N6O3S. The number of rotatable bonds is 6. The zero-order valence-corrected chi connectivity index (χ0v) is 24.4. The highest BCUT2D eigenvalue weighted by molar-refractivity contribution is 7.09. The second kappa shape index (κ2) is 11.6. The summed E-state index contributed by atoms with van der Waals surface area (Å²) >= 11 is 1.66. The maximum atomic E-state index is 13.1. The minimum atomic E-state index is -0.544. The highest BCUT2D eigenvalue weighted by Gasteiger charge is 2.45. The molecule has 3 amide bonds. The summed E-state index contributed by atoms with van der Waals surface area (Å²) in [5, 5.41) is 9.34. The number of carbonyl (C=O) groups excluding carboxylic acids is 3. The molecule has 5 heterocycles. The van der Waals surface area contributed by atoms with Crippen LogP contribution in [0.25, 0.3) is 6.08 Å². The molecule has 10 heteroatoms. The molecule has 3 aliphatic rings. The Hall–Kier alpha value is -3.37. The standard InChI is InChI=1S/C30H38N6O3S/c1-29(2,3)33-20-26(38)36-13-8-30(9-14-36)18-23-16-22(19-32-27(23)34-28(30)39)4-5-25(37)35-11-6-21(7-12-35)17-24-31-10-15-40-24/h4-6,10,15-16,19,33H,7-9,11-14,17-18,20H2,1-3H3,(H,32,34,39)/b5-4+. The summed E-state index contributed by atoms with van der Waals surface area (Å²) in [6.07, 6.45) is 12.6. The molecule has 2 aromatic rings. The molecule has 40 heavy (non-hydrogen) atoms. The molecule has 1 spiro atoms. The van der Waals surface area contributed by atoms with E-state index in [9.17, 15) is 14.4 Å². The molecule has 5 rings (SSSR count). The van der Waals surface area contributed by atoms with Crippen LogP contribution in [0.4, 0.5) is 5.82 Å². The number of hydrogen-bond acceptors (Lipinski definition) is 7. The maximum Gasteiger partial charge on any atom is 0.246 e. The molecule has 0 aromatic carbocycles. The summed E-state index contributed by atoms with van der Waals surface area (Å²) in [5.41, 5.74) is 2.46. The number of hydrogen-bond donors (Lipinski definition) is 2. The molecule has 0 radical (unpaired) electrons. The summed E-state index contributed by atoms with van der Waals surface area (Å²) in [5.74, 6) is 0.615. The number of nitrogens with zero attached hydrogens (tertiary/aromatic N) is 4. The van der Waals surface area contributed by atoms with Gasteiger partial charge in [0.05, 0.1) is 17.0 Å². The van der Waals surface area contributed by atoms with Crippen LogP contribution < -0.4 is 10.6 Å². The predicted octanol–water partition coefficient (Wildman–Crippen LogP) is 3.44. The number of carbonyl (C=O) groups is 3. The molecule has 1 fully saturated rings. The molecule has 0 saturated carbocycles. The van der Waals surface area contributed by atoms with Crippen LogP contribution >= 0.6 is 11.3 Å². The van der Waals surface area contributed by atoms with E-state index in [4.69, 9.17) is 0 Å². The SMILES string of the molecule is CC(C)(C)NCC(=O)N1CCC2(CC1)Cc1cc(/C=C/C(=O)N3CC=C(Cc4nccs4)CC3)cnc1NC2=O. The van der Waals surface area contributed by atoms with Gasteiger partial charge in [0.2, 0.25) is 17.7 Å². The summed E-state index contributed by atoms with van der Waals surface area (Å²) in [6.45, 7) is 8.83. The molecule has 0 bridgehead atoms. The molecule has 3 aliphatic heterocycles.